The lowest BCUT2D eigenvalue weighted by molar-refractivity contribution is -0.122. The van der Waals surface area contributed by atoms with Gasteiger partial charge in [0.05, 0.1) is 0 Å². The van der Waals surface area contributed by atoms with E-state index in [1.54, 1.807) is 19.9 Å². The SMILES string of the molecule is CCC(=O)Nc1cc(NC(=O)C(C)Oc2ccccc2C(C)CC)ccc1C. The molecule has 150 valence electrons. The molecule has 0 fully saturated rings. The number of hydrogen-bond acceptors (Lipinski definition) is 3. The molecule has 5 heteroatoms. The number of hydrogen-bond donors (Lipinski definition) is 2. The van der Waals surface area contributed by atoms with E-state index in [9.17, 15) is 9.59 Å². The van der Waals surface area contributed by atoms with Crippen molar-refractivity contribution in [1.29, 1.82) is 0 Å². The second-order valence-corrected chi connectivity index (χ2v) is 7.03. The zero-order valence-electron chi connectivity index (χ0n) is 17.3. The molecule has 2 atom stereocenters. The van der Waals surface area contributed by atoms with Crippen LogP contribution in [0.1, 0.15) is 57.6 Å². The van der Waals surface area contributed by atoms with Crippen molar-refractivity contribution >= 4 is 23.2 Å². The van der Waals surface area contributed by atoms with E-state index in [4.69, 9.17) is 4.74 Å². The summed E-state index contributed by atoms with van der Waals surface area (Å²) in [6.45, 7) is 9.72. The third kappa shape index (κ3) is 5.59. The maximum Gasteiger partial charge on any atom is 0.265 e. The molecule has 0 saturated heterocycles. The van der Waals surface area contributed by atoms with E-state index in [1.165, 1.54) is 0 Å². The highest BCUT2D eigenvalue weighted by Gasteiger charge is 2.18. The van der Waals surface area contributed by atoms with Crippen molar-refractivity contribution in [3.63, 3.8) is 0 Å². The third-order valence-corrected chi connectivity index (χ3v) is 4.84. The monoisotopic (exact) mass is 382 g/mol. The van der Waals surface area contributed by atoms with Gasteiger partial charge in [-0.05, 0) is 55.5 Å². The Morgan fingerprint density at radius 2 is 1.75 bits per heavy atom. The van der Waals surface area contributed by atoms with Crippen LogP contribution in [0.3, 0.4) is 0 Å². The van der Waals surface area contributed by atoms with E-state index in [0.29, 0.717) is 23.7 Å². The van der Waals surface area contributed by atoms with Crippen molar-refractivity contribution < 1.29 is 14.3 Å². The number of nitrogens with one attached hydrogen (secondary N) is 2. The molecule has 0 aliphatic heterocycles. The Kier molecular flexibility index (Phi) is 7.61. The first-order chi connectivity index (χ1) is 13.3. The van der Waals surface area contributed by atoms with E-state index in [2.05, 4.69) is 24.5 Å². The molecule has 0 aliphatic rings. The predicted octanol–water partition coefficient (Wildman–Crippen LogP) is 5.26. The fraction of sp³-hybridized carbons (Fsp3) is 0.391. The normalized spacial score (nSPS) is 12.8. The minimum Gasteiger partial charge on any atom is -0.481 e. The molecule has 0 spiro atoms. The standard InChI is InChI=1S/C23H30N2O3/c1-6-15(3)19-10-8-9-11-21(19)28-17(5)23(27)24-18-13-12-16(4)20(14-18)25-22(26)7-2/h8-15,17H,6-7H2,1-5H3,(H,24,27)(H,25,26). The number of amides is 2. The van der Waals surface area contributed by atoms with Crippen molar-refractivity contribution in [1.82, 2.24) is 0 Å². The lowest BCUT2D eigenvalue weighted by atomic mass is 9.98. The van der Waals surface area contributed by atoms with Crippen LogP contribution in [0, 0.1) is 6.92 Å². The number of benzene rings is 2. The van der Waals surface area contributed by atoms with Crippen LogP contribution in [0.5, 0.6) is 5.75 Å². The van der Waals surface area contributed by atoms with Crippen molar-refractivity contribution in [3.05, 3.63) is 53.6 Å². The van der Waals surface area contributed by atoms with E-state index in [0.717, 1.165) is 23.3 Å². The summed E-state index contributed by atoms with van der Waals surface area (Å²) in [4.78, 5) is 24.3. The average molecular weight is 383 g/mol. The van der Waals surface area contributed by atoms with Crippen LogP contribution in [0.15, 0.2) is 42.5 Å². The maximum absolute atomic E-state index is 12.6. The van der Waals surface area contributed by atoms with E-state index >= 15 is 0 Å². The molecule has 0 heterocycles. The Morgan fingerprint density at radius 1 is 1.04 bits per heavy atom. The number of carbonyl (C=O) groups excluding carboxylic acids is 2. The van der Waals surface area contributed by atoms with Crippen LogP contribution < -0.4 is 15.4 Å². The van der Waals surface area contributed by atoms with Gasteiger partial charge in [0.1, 0.15) is 5.75 Å². The predicted molar refractivity (Wildman–Crippen MR) is 114 cm³/mol. The van der Waals surface area contributed by atoms with E-state index in [1.807, 2.05) is 43.3 Å². The number of aryl methyl sites for hydroxylation is 1. The second kappa shape index (κ2) is 9.93. The molecule has 2 aromatic rings. The summed E-state index contributed by atoms with van der Waals surface area (Å²) in [5, 5.41) is 5.72. The summed E-state index contributed by atoms with van der Waals surface area (Å²) in [5.74, 6) is 0.785. The minimum atomic E-state index is -0.653. The summed E-state index contributed by atoms with van der Waals surface area (Å²) >= 11 is 0. The Bertz CT molecular complexity index is 832. The van der Waals surface area contributed by atoms with Gasteiger partial charge in [0.25, 0.3) is 5.91 Å². The van der Waals surface area contributed by atoms with Crippen molar-refractivity contribution in [2.75, 3.05) is 10.6 Å². The molecule has 2 rings (SSSR count). The first kappa shape index (κ1) is 21.5. The maximum atomic E-state index is 12.6. The average Bonchev–Trinajstić information content (AvgIpc) is 2.70. The summed E-state index contributed by atoms with van der Waals surface area (Å²) in [7, 11) is 0. The van der Waals surface area contributed by atoms with Gasteiger partial charge < -0.3 is 15.4 Å². The molecule has 0 aromatic heterocycles. The molecule has 0 bridgehead atoms. The highest BCUT2D eigenvalue weighted by molar-refractivity contribution is 5.96. The topological polar surface area (TPSA) is 67.4 Å². The van der Waals surface area contributed by atoms with Gasteiger partial charge in [-0.1, -0.05) is 45.0 Å². The van der Waals surface area contributed by atoms with Crippen LogP contribution in [-0.2, 0) is 9.59 Å². The molecule has 2 amide bonds. The molecule has 2 aromatic carbocycles. The second-order valence-electron chi connectivity index (χ2n) is 7.03. The molecular weight excluding hydrogens is 352 g/mol. The number of carbonyl (C=O) groups is 2. The Hall–Kier alpha value is -2.82. The number of para-hydroxylation sites is 1. The lowest BCUT2D eigenvalue weighted by Crippen LogP contribution is -2.30. The molecule has 0 radical (unpaired) electrons. The molecule has 5 nitrogen and oxygen atoms in total. The van der Waals surface area contributed by atoms with Gasteiger partial charge in [-0.15, -0.1) is 0 Å². The quantitative estimate of drug-likeness (QED) is 0.654. The highest BCUT2D eigenvalue weighted by atomic mass is 16.5. The molecule has 28 heavy (non-hydrogen) atoms. The largest absolute Gasteiger partial charge is 0.481 e. The zero-order valence-corrected chi connectivity index (χ0v) is 17.3. The Morgan fingerprint density at radius 3 is 2.43 bits per heavy atom. The van der Waals surface area contributed by atoms with Gasteiger partial charge >= 0.3 is 0 Å². The Balaban J connectivity index is 2.09. The van der Waals surface area contributed by atoms with Gasteiger partial charge in [-0.3, -0.25) is 9.59 Å². The number of anilines is 2. The summed E-state index contributed by atoms with van der Waals surface area (Å²) in [5.41, 5.74) is 3.35. The third-order valence-electron chi connectivity index (χ3n) is 4.84. The fourth-order valence-corrected chi connectivity index (χ4v) is 2.78. The van der Waals surface area contributed by atoms with Crippen LogP contribution >= 0.6 is 0 Å². The van der Waals surface area contributed by atoms with Crippen molar-refractivity contribution in [2.45, 2.75) is 59.5 Å². The summed E-state index contributed by atoms with van der Waals surface area (Å²) < 4.78 is 5.96. The van der Waals surface area contributed by atoms with Crippen LogP contribution in [0.4, 0.5) is 11.4 Å². The van der Waals surface area contributed by atoms with Gasteiger partial charge in [0.15, 0.2) is 6.10 Å². The van der Waals surface area contributed by atoms with Gasteiger partial charge in [-0.25, -0.2) is 0 Å². The minimum absolute atomic E-state index is 0.0649. The molecule has 0 aliphatic carbocycles. The summed E-state index contributed by atoms with van der Waals surface area (Å²) in [6, 6.07) is 13.3. The molecule has 2 N–H and O–H groups in total. The van der Waals surface area contributed by atoms with Crippen LogP contribution in [0.2, 0.25) is 0 Å². The smallest absolute Gasteiger partial charge is 0.265 e. The lowest BCUT2D eigenvalue weighted by Gasteiger charge is -2.20. The van der Waals surface area contributed by atoms with Crippen molar-refractivity contribution in [3.8, 4) is 5.75 Å². The fourth-order valence-electron chi connectivity index (χ4n) is 2.78. The molecule has 0 saturated carbocycles. The van der Waals surface area contributed by atoms with Gasteiger partial charge in [-0.2, -0.15) is 0 Å². The van der Waals surface area contributed by atoms with Gasteiger partial charge in [0.2, 0.25) is 5.91 Å². The number of ether oxygens (including phenoxy) is 1. The zero-order chi connectivity index (χ0) is 20.7. The van der Waals surface area contributed by atoms with Crippen LogP contribution in [0.25, 0.3) is 0 Å². The first-order valence-electron chi connectivity index (χ1n) is 9.82. The first-order valence-corrected chi connectivity index (χ1v) is 9.82. The highest BCUT2D eigenvalue weighted by Crippen LogP contribution is 2.29. The Labute approximate surface area is 167 Å². The molecule has 2 unspecified atom stereocenters. The van der Waals surface area contributed by atoms with Gasteiger partial charge in [0, 0.05) is 17.8 Å². The van der Waals surface area contributed by atoms with Crippen LogP contribution in [-0.4, -0.2) is 17.9 Å². The van der Waals surface area contributed by atoms with E-state index in [-0.39, 0.29) is 11.8 Å². The van der Waals surface area contributed by atoms with Crippen molar-refractivity contribution in [2.24, 2.45) is 0 Å². The van der Waals surface area contributed by atoms with E-state index < -0.39 is 6.10 Å². The molecular formula is C23H30N2O3. The summed E-state index contributed by atoms with van der Waals surface area (Å²) in [6.07, 6.45) is 0.743. The number of rotatable bonds is 8.